The number of rotatable bonds is 19. The molecule has 186 valence electrons. The van der Waals surface area contributed by atoms with Crippen molar-refractivity contribution >= 4 is 11.9 Å². The average Bonchev–Trinajstić information content (AvgIpc) is 2.79. The fourth-order valence-electron chi connectivity index (χ4n) is 2.97. The minimum atomic E-state index is -2.21. The summed E-state index contributed by atoms with van der Waals surface area (Å²) in [6.45, 7) is 1.33. The predicted molar refractivity (Wildman–Crippen MR) is 122 cm³/mol. The molecule has 0 unspecified atom stereocenters. The van der Waals surface area contributed by atoms with Gasteiger partial charge in [-0.05, 0) is 38.5 Å². The second-order valence-electron chi connectivity index (χ2n) is 7.95. The van der Waals surface area contributed by atoms with Crippen LogP contribution in [0.15, 0.2) is 24.3 Å². The zero-order chi connectivity index (χ0) is 24.2. The minimum Gasteiger partial charge on any atom is -0.394 e. The highest BCUT2D eigenvalue weighted by molar-refractivity contribution is 5.88. The lowest BCUT2D eigenvalue weighted by atomic mass is 10.0. The summed E-state index contributed by atoms with van der Waals surface area (Å²) < 4.78 is 4.46. The predicted octanol–water partition coefficient (Wildman–Crippen LogP) is 2.31. The summed E-state index contributed by atoms with van der Waals surface area (Å²) in [5, 5.41) is 46.6. The average molecular weight is 459 g/mol. The minimum absolute atomic E-state index is 0.000860. The number of hydrogen-bond donors (Lipinski definition) is 5. The molecule has 0 aliphatic carbocycles. The molecule has 8 nitrogen and oxygen atoms in total. The summed E-state index contributed by atoms with van der Waals surface area (Å²) in [5.41, 5.74) is 0. The Labute approximate surface area is 191 Å². The molecule has 0 spiro atoms. The van der Waals surface area contributed by atoms with Crippen LogP contribution in [0.5, 0.6) is 0 Å². The van der Waals surface area contributed by atoms with Crippen LogP contribution in [0.2, 0.25) is 0 Å². The summed E-state index contributed by atoms with van der Waals surface area (Å²) in [4.78, 5) is 23.3. The van der Waals surface area contributed by atoms with E-state index in [4.69, 9.17) is 5.11 Å². The van der Waals surface area contributed by atoms with E-state index in [2.05, 4.69) is 36.0 Å². The summed E-state index contributed by atoms with van der Waals surface area (Å²) in [5.74, 6) is -2.24. The third-order valence-electron chi connectivity index (χ3n) is 5.04. The van der Waals surface area contributed by atoms with E-state index in [1.54, 1.807) is 0 Å². The highest BCUT2D eigenvalue weighted by Gasteiger charge is 2.35. The third kappa shape index (κ3) is 15.3. The maximum atomic E-state index is 11.7. The molecule has 32 heavy (non-hydrogen) atoms. The van der Waals surface area contributed by atoms with Gasteiger partial charge in [0.1, 0.15) is 18.3 Å². The van der Waals surface area contributed by atoms with Crippen molar-refractivity contribution in [3.05, 3.63) is 24.3 Å². The second kappa shape index (κ2) is 20.1. The molecule has 4 atom stereocenters. The number of carbonyl (C=O) groups excluding carboxylic acids is 2. The van der Waals surface area contributed by atoms with Gasteiger partial charge in [0.05, 0.1) is 6.61 Å². The summed E-state index contributed by atoms with van der Waals surface area (Å²) in [7, 11) is 0. The molecule has 0 bridgehead atoms. The Bertz CT molecular complexity index is 546. The number of ether oxygens (including phenoxy) is 1. The van der Waals surface area contributed by atoms with Gasteiger partial charge in [-0.25, -0.2) is 4.79 Å². The molecule has 0 heterocycles. The van der Waals surface area contributed by atoms with E-state index in [1.807, 2.05) is 0 Å². The van der Waals surface area contributed by atoms with Crippen LogP contribution in [0.3, 0.4) is 0 Å². The van der Waals surface area contributed by atoms with Crippen LogP contribution in [0, 0.1) is 0 Å². The number of carbonyl (C=O) groups is 2. The normalized spacial score (nSPS) is 15.7. The van der Waals surface area contributed by atoms with Crippen molar-refractivity contribution in [2.24, 2.45) is 0 Å². The van der Waals surface area contributed by atoms with E-state index in [9.17, 15) is 30.0 Å². The lowest BCUT2D eigenvalue weighted by molar-refractivity contribution is -0.176. The number of hydrogen-bond acceptors (Lipinski definition) is 8. The first-order valence-corrected chi connectivity index (χ1v) is 11.7. The number of aliphatic hydroxyl groups excluding tert-OH is 5. The molecular formula is C24H42O8. The number of allylic oxidation sites excluding steroid dienone is 4. The molecule has 0 fully saturated rings. The van der Waals surface area contributed by atoms with Crippen LogP contribution in [0.4, 0.5) is 0 Å². The van der Waals surface area contributed by atoms with Crippen LogP contribution in [0.1, 0.15) is 84.0 Å². The molecule has 0 aromatic heterocycles. The molecule has 0 radical (unpaired) electrons. The topological polar surface area (TPSA) is 145 Å². The van der Waals surface area contributed by atoms with Crippen LogP contribution in [-0.2, 0) is 14.3 Å². The quantitative estimate of drug-likeness (QED) is 0.0858. The number of unbranched alkanes of at least 4 members (excludes halogenated alkanes) is 8. The Morgan fingerprint density at radius 2 is 1.34 bits per heavy atom. The first kappa shape index (κ1) is 30.4. The van der Waals surface area contributed by atoms with Gasteiger partial charge >= 0.3 is 11.9 Å². The molecule has 0 saturated carbocycles. The van der Waals surface area contributed by atoms with E-state index in [0.717, 1.165) is 44.9 Å². The van der Waals surface area contributed by atoms with Gasteiger partial charge in [0.15, 0.2) is 6.10 Å². The van der Waals surface area contributed by atoms with Crippen molar-refractivity contribution in [3.63, 3.8) is 0 Å². The van der Waals surface area contributed by atoms with Gasteiger partial charge in [0.2, 0.25) is 0 Å². The fraction of sp³-hybridized carbons (Fsp3) is 0.750. The molecular weight excluding hydrogens is 416 g/mol. The summed E-state index contributed by atoms with van der Waals surface area (Å²) in [6, 6.07) is 0. The molecule has 0 aromatic carbocycles. The molecule has 0 amide bonds. The third-order valence-corrected chi connectivity index (χ3v) is 5.04. The standard InChI is InChI=1S/C24H42O8/c1-2-3-4-5-6-7-8-9-10-11-12-13-14-15-16-17-20(27)32-24(31)23(30)22(29)21(28)19(26)18-25/h6-7,9-10,19,21-23,25-26,28-30H,2-5,8,11-18H2,1H3/b7-6-,10-9-/t19-,21-,22+,23-/m1/s1. The maximum Gasteiger partial charge on any atom is 0.345 e. The van der Waals surface area contributed by atoms with E-state index < -0.39 is 43.0 Å². The van der Waals surface area contributed by atoms with Crippen molar-refractivity contribution in [2.75, 3.05) is 6.61 Å². The molecule has 0 saturated heterocycles. The van der Waals surface area contributed by atoms with Gasteiger partial charge in [0.25, 0.3) is 0 Å². The smallest absolute Gasteiger partial charge is 0.345 e. The zero-order valence-corrected chi connectivity index (χ0v) is 19.3. The largest absolute Gasteiger partial charge is 0.394 e. The molecule has 0 aromatic rings. The maximum absolute atomic E-state index is 11.7. The highest BCUT2D eigenvalue weighted by Crippen LogP contribution is 2.10. The lowest BCUT2D eigenvalue weighted by Crippen LogP contribution is -2.49. The zero-order valence-electron chi connectivity index (χ0n) is 19.3. The molecule has 8 heteroatoms. The number of esters is 2. The molecule has 0 aliphatic rings. The molecule has 0 aliphatic heterocycles. The van der Waals surface area contributed by atoms with Crippen molar-refractivity contribution < 1.29 is 39.9 Å². The van der Waals surface area contributed by atoms with E-state index in [0.29, 0.717) is 6.42 Å². The Kier molecular flexibility index (Phi) is 19.1. The van der Waals surface area contributed by atoms with Crippen molar-refractivity contribution in [1.29, 1.82) is 0 Å². The van der Waals surface area contributed by atoms with E-state index >= 15 is 0 Å². The Balaban J connectivity index is 3.77. The highest BCUT2D eigenvalue weighted by atomic mass is 16.6. The first-order valence-electron chi connectivity index (χ1n) is 11.7. The van der Waals surface area contributed by atoms with Gasteiger partial charge in [-0.1, -0.05) is 63.3 Å². The van der Waals surface area contributed by atoms with Crippen molar-refractivity contribution in [2.45, 2.75) is 108 Å². The summed E-state index contributed by atoms with van der Waals surface area (Å²) >= 11 is 0. The second-order valence-corrected chi connectivity index (χ2v) is 7.95. The Hall–Kier alpha value is -1.58. The van der Waals surface area contributed by atoms with E-state index in [1.165, 1.54) is 19.3 Å². The monoisotopic (exact) mass is 458 g/mol. The van der Waals surface area contributed by atoms with Crippen LogP contribution in [0.25, 0.3) is 0 Å². The van der Waals surface area contributed by atoms with Gasteiger partial charge < -0.3 is 30.3 Å². The van der Waals surface area contributed by atoms with E-state index in [-0.39, 0.29) is 6.42 Å². The van der Waals surface area contributed by atoms with Gasteiger partial charge in [0, 0.05) is 6.42 Å². The van der Waals surface area contributed by atoms with Crippen molar-refractivity contribution in [1.82, 2.24) is 0 Å². The van der Waals surface area contributed by atoms with Crippen LogP contribution in [-0.4, -0.2) is 68.5 Å². The van der Waals surface area contributed by atoms with Crippen LogP contribution >= 0.6 is 0 Å². The SMILES string of the molecule is CCCCC/C=C\C/C=C\CCCCCCCC(=O)OC(=O)[C@H](O)[C@@H](O)[C@H](O)[C@H](O)CO. The number of aliphatic hydroxyl groups is 5. The van der Waals surface area contributed by atoms with Gasteiger partial charge in [-0.15, -0.1) is 0 Å². The molecule has 0 rings (SSSR count). The Morgan fingerprint density at radius 1 is 0.781 bits per heavy atom. The van der Waals surface area contributed by atoms with Gasteiger partial charge in [-0.3, -0.25) is 4.79 Å². The summed E-state index contributed by atoms with van der Waals surface area (Å²) in [6.07, 6.45) is 12.2. The van der Waals surface area contributed by atoms with Crippen LogP contribution < -0.4 is 0 Å². The van der Waals surface area contributed by atoms with Gasteiger partial charge in [-0.2, -0.15) is 0 Å². The fourth-order valence-corrected chi connectivity index (χ4v) is 2.97. The molecule has 5 N–H and O–H groups in total. The lowest BCUT2D eigenvalue weighted by Gasteiger charge is -2.24. The Morgan fingerprint density at radius 3 is 1.94 bits per heavy atom. The first-order chi connectivity index (χ1) is 15.3. The van der Waals surface area contributed by atoms with Crippen molar-refractivity contribution in [3.8, 4) is 0 Å².